The lowest BCUT2D eigenvalue weighted by Gasteiger charge is -2.36. The van der Waals surface area contributed by atoms with Gasteiger partial charge in [-0.05, 0) is 58.2 Å². The van der Waals surface area contributed by atoms with Gasteiger partial charge in [-0.3, -0.25) is 9.59 Å². The Kier molecular flexibility index (Phi) is 10.3. The minimum atomic E-state index is -1.71. The van der Waals surface area contributed by atoms with Crippen LogP contribution in [0.2, 0.25) is 18.1 Å². The molecule has 5 heteroatoms. The monoisotopic (exact) mass is 382 g/mol. The van der Waals surface area contributed by atoms with Crippen molar-refractivity contribution in [2.45, 2.75) is 78.9 Å². The molecule has 0 amide bonds. The lowest BCUT2D eigenvalue weighted by molar-refractivity contribution is -0.148. The first-order chi connectivity index (χ1) is 11.8. The number of esters is 1. The second-order valence-electron chi connectivity index (χ2n) is 8.61. The van der Waals surface area contributed by atoms with Gasteiger partial charge in [0.15, 0.2) is 8.32 Å². The van der Waals surface area contributed by atoms with Crippen molar-refractivity contribution in [3.05, 3.63) is 23.3 Å². The maximum absolute atomic E-state index is 11.6. The first kappa shape index (κ1) is 24.8. The molecule has 0 heterocycles. The zero-order valence-corrected chi connectivity index (χ0v) is 19.2. The Morgan fingerprint density at radius 3 is 2.08 bits per heavy atom. The van der Waals surface area contributed by atoms with Crippen molar-refractivity contribution in [3.63, 3.8) is 0 Å². The van der Waals surface area contributed by atoms with E-state index in [4.69, 9.17) is 4.43 Å². The summed E-state index contributed by atoms with van der Waals surface area (Å²) >= 11 is 0. The van der Waals surface area contributed by atoms with Crippen molar-refractivity contribution in [3.8, 4) is 0 Å². The van der Waals surface area contributed by atoms with Gasteiger partial charge in [-0.25, -0.2) is 0 Å². The van der Waals surface area contributed by atoms with Crippen LogP contribution in [0, 0.1) is 5.92 Å². The summed E-state index contributed by atoms with van der Waals surface area (Å²) in [4.78, 5) is 23.1. The van der Waals surface area contributed by atoms with Gasteiger partial charge in [-0.15, -0.1) is 0 Å². The van der Waals surface area contributed by atoms with Crippen molar-refractivity contribution in [2.24, 2.45) is 5.92 Å². The summed E-state index contributed by atoms with van der Waals surface area (Å²) in [5.41, 5.74) is 2.42. The van der Waals surface area contributed by atoms with E-state index >= 15 is 0 Å². The van der Waals surface area contributed by atoms with Gasteiger partial charge < -0.3 is 9.16 Å². The van der Waals surface area contributed by atoms with E-state index in [0.717, 1.165) is 12.8 Å². The Balaban J connectivity index is 4.49. The molecule has 0 fully saturated rings. The van der Waals surface area contributed by atoms with Gasteiger partial charge >= 0.3 is 5.97 Å². The Hall–Kier alpha value is -1.20. The van der Waals surface area contributed by atoms with E-state index in [9.17, 15) is 9.59 Å². The fourth-order valence-electron chi connectivity index (χ4n) is 2.11. The average molecular weight is 383 g/mol. The summed E-state index contributed by atoms with van der Waals surface area (Å²) in [5, 5.41) is 0.222. The van der Waals surface area contributed by atoms with Gasteiger partial charge in [0, 0.05) is 0 Å². The minimum Gasteiger partial charge on any atom is -0.468 e. The van der Waals surface area contributed by atoms with E-state index in [-0.39, 0.29) is 10.8 Å². The van der Waals surface area contributed by atoms with Crippen LogP contribution in [0.25, 0.3) is 0 Å². The van der Waals surface area contributed by atoms with Crippen LogP contribution >= 0.6 is 0 Å². The van der Waals surface area contributed by atoms with Crippen LogP contribution < -0.4 is 0 Å². The zero-order chi connectivity index (χ0) is 20.5. The molecule has 0 bridgehead atoms. The maximum atomic E-state index is 11.6. The lowest BCUT2D eigenvalue weighted by Crippen LogP contribution is -2.41. The number of Topliss-reactive ketones (excluding diaryl/α,β-unsaturated/α-hetero) is 1. The van der Waals surface area contributed by atoms with Gasteiger partial charge in [0.25, 0.3) is 0 Å². The highest BCUT2D eigenvalue weighted by molar-refractivity contribution is 6.74. The molecule has 0 aliphatic carbocycles. The first-order valence-corrected chi connectivity index (χ1v) is 12.3. The van der Waals surface area contributed by atoms with Crippen LogP contribution in [-0.2, 0) is 18.8 Å². The lowest BCUT2D eigenvalue weighted by atomic mass is 9.99. The molecule has 150 valence electrons. The van der Waals surface area contributed by atoms with Gasteiger partial charge in [0.2, 0.25) is 0 Å². The standard InChI is InChI=1S/C21H38O4Si/c1-16(13-14-19(18(3)22)20(23)24-7)11-10-12-17(2)15-25-26(8,9)21(4,5)6/h12-13,19H,10-11,14-15H2,1-9H3. The van der Waals surface area contributed by atoms with Gasteiger partial charge in [-0.2, -0.15) is 0 Å². The molecule has 0 rings (SSSR count). The fraction of sp³-hybridized carbons (Fsp3) is 0.714. The molecule has 0 aromatic heterocycles. The van der Waals surface area contributed by atoms with Crippen molar-refractivity contribution >= 4 is 20.1 Å². The van der Waals surface area contributed by atoms with Crippen LogP contribution in [0.4, 0.5) is 0 Å². The number of carbonyl (C=O) groups is 2. The van der Waals surface area contributed by atoms with E-state index < -0.39 is 20.2 Å². The third-order valence-electron chi connectivity index (χ3n) is 5.18. The molecular formula is C21H38O4Si. The molecule has 0 saturated heterocycles. The molecule has 0 spiro atoms. The fourth-order valence-corrected chi connectivity index (χ4v) is 3.13. The third kappa shape index (κ3) is 8.95. The van der Waals surface area contributed by atoms with Crippen molar-refractivity contribution in [1.29, 1.82) is 0 Å². The van der Waals surface area contributed by atoms with Crippen molar-refractivity contribution in [1.82, 2.24) is 0 Å². The molecule has 1 atom stereocenters. The molecule has 0 aromatic rings. The van der Waals surface area contributed by atoms with Crippen molar-refractivity contribution in [2.75, 3.05) is 13.7 Å². The highest BCUT2D eigenvalue weighted by Gasteiger charge is 2.36. The normalized spacial score (nSPS) is 15.0. The van der Waals surface area contributed by atoms with Crippen molar-refractivity contribution < 1.29 is 18.8 Å². The predicted octanol–water partition coefficient (Wildman–Crippen LogP) is 5.45. The molecule has 0 radical (unpaired) electrons. The summed E-state index contributed by atoms with van der Waals surface area (Å²) in [6.07, 6.45) is 6.43. The highest BCUT2D eigenvalue weighted by Crippen LogP contribution is 2.36. The third-order valence-corrected chi connectivity index (χ3v) is 9.66. The van der Waals surface area contributed by atoms with E-state index in [0.29, 0.717) is 13.0 Å². The molecular weight excluding hydrogens is 344 g/mol. The average Bonchev–Trinajstić information content (AvgIpc) is 2.51. The van der Waals surface area contributed by atoms with Crippen LogP contribution in [0.1, 0.15) is 60.8 Å². The van der Waals surface area contributed by atoms with E-state index in [2.05, 4.69) is 51.6 Å². The number of rotatable bonds is 10. The Morgan fingerprint density at radius 1 is 1.04 bits per heavy atom. The quantitative estimate of drug-likeness (QED) is 0.218. The number of carbonyl (C=O) groups excluding carboxylic acids is 2. The smallest absolute Gasteiger partial charge is 0.316 e. The molecule has 0 aliphatic heterocycles. The second kappa shape index (κ2) is 10.8. The summed E-state index contributed by atoms with van der Waals surface area (Å²) in [7, 11) is -0.393. The number of ketones is 1. The zero-order valence-electron chi connectivity index (χ0n) is 18.2. The molecule has 0 aromatic carbocycles. The summed E-state index contributed by atoms with van der Waals surface area (Å²) in [6.45, 7) is 17.5. The minimum absolute atomic E-state index is 0.153. The number of allylic oxidation sites excluding steroid dienone is 3. The Labute approximate surface area is 161 Å². The summed E-state index contributed by atoms with van der Waals surface area (Å²) < 4.78 is 10.9. The van der Waals surface area contributed by atoms with Gasteiger partial charge in [-0.1, -0.05) is 44.1 Å². The summed E-state index contributed by atoms with van der Waals surface area (Å²) in [5.74, 6) is -1.30. The predicted molar refractivity (Wildman–Crippen MR) is 111 cm³/mol. The SMILES string of the molecule is COC(=O)C(CC=C(C)CCC=C(C)CO[Si](C)(C)C(C)(C)C)C(C)=O. The second-order valence-corrected chi connectivity index (χ2v) is 13.4. The number of ether oxygens (including phenoxy) is 1. The van der Waals surface area contributed by atoms with E-state index in [1.807, 2.05) is 13.0 Å². The Morgan fingerprint density at radius 2 is 1.62 bits per heavy atom. The Bertz CT molecular complexity index is 539. The molecule has 0 aliphatic rings. The number of hydrogen-bond donors (Lipinski definition) is 0. The van der Waals surface area contributed by atoms with Crippen LogP contribution in [0.3, 0.4) is 0 Å². The first-order valence-electron chi connectivity index (χ1n) is 9.35. The summed E-state index contributed by atoms with van der Waals surface area (Å²) in [6, 6.07) is 0. The number of methoxy groups -OCH3 is 1. The molecule has 26 heavy (non-hydrogen) atoms. The molecule has 0 saturated carbocycles. The largest absolute Gasteiger partial charge is 0.468 e. The van der Waals surface area contributed by atoms with Crippen LogP contribution in [0.15, 0.2) is 23.3 Å². The molecule has 4 nitrogen and oxygen atoms in total. The van der Waals surface area contributed by atoms with Gasteiger partial charge in [0.05, 0.1) is 13.7 Å². The maximum Gasteiger partial charge on any atom is 0.316 e. The van der Waals surface area contributed by atoms with Crippen LogP contribution in [0.5, 0.6) is 0 Å². The van der Waals surface area contributed by atoms with E-state index in [1.165, 1.54) is 25.2 Å². The molecule has 1 unspecified atom stereocenters. The molecule has 0 N–H and O–H groups in total. The number of hydrogen-bond acceptors (Lipinski definition) is 4. The highest BCUT2D eigenvalue weighted by atomic mass is 28.4. The topological polar surface area (TPSA) is 52.6 Å². The van der Waals surface area contributed by atoms with Gasteiger partial charge in [0.1, 0.15) is 11.7 Å². The van der Waals surface area contributed by atoms with Crippen LogP contribution in [-0.4, -0.2) is 33.8 Å². The van der Waals surface area contributed by atoms with E-state index in [1.54, 1.807) is 0 Å².